The molecule has 1 saturated heterocycles. The van der Waals surface area contributed by atoms with E-state index in [2.05, 4.69) is 25.1 Å². The molecule has 1 heterocycles. The van der Waals surface area contributed by atoms with Gasteiger partial charge in [-0.25, -0.2) is 0 Å². The zero-order valence-electron chi connectivity index (χ0n) is 13.7. The second kappa shape index (κ2) is 6.29. The molecule has 3 rings (SSSR count). The summed E-state index contributed by atoms with van der Waals surface area (Å²) >= 11 is 0. The van der Waals surface area contributed by atoms with Crippen molar-refractivity contribution >= 4 is 17.7 Å². The molecule has 1 aliphatic rings. The van der Waals surface area contributed by atoms with E-state index in [1.807, 2.05) is 54.3 Å². The molecule has 0 spiro atoms. The van der Waals surface area contributed by atoms with Gasteiger partial charge in [0.1, 0.15) is 5.75 Å². The highest BCUT2D eigenvalue weighted by atomic mass is 16.5. The van der Waals surface area contributed by atoms with Gasteiger partial charge in [-0.15, -0.1) is 0 Å². The van der Waals surface area contributed by atoms with Crippen molar-refractivity contribution in [2.75, 3.05) is 12.0 Å². The van der Waals surface area contributed by atoms with Crippen molar-refractivity contribution in [3.05, 3.63) is 65.7 Å². The number of hydrogen-bond donors (Lipinski definition) is 0. The van der Waals surface area contributed by atoms with Crippen LogP contribution in [0.4, 0.5) is 5.69 Å². The lowest BCUT2D eigenvalue weighted by Crippen LogP contribution is -2.60. The second-order valence-corrected chi connectivity index (χ2v) is 5.94. The maximum absolute atomic E-state index is 12.4. The van der Waals surface area contributed by atoms with Gasteiger partial charge in [0.25, 0.3) is 0 Å². The van der Waals surface area contributed by atoms with E-state index in [9.17, 15) is 4.79 Å². The number of carbonyl (C=O) groups excluding carboxylic acids is 1. The van der Waals surface area contributed by atoms with E-state index in [0.29, 0.717) is 0 Å². The van der Waals surface area contributed by atoms with Crippen LogP contribution in [0.1, 0.15) is 19.4 Å². The van der Waals surface area contributed by atoms with Crippen molar-refractivity contribution in [1.29, 1.82) is 0 Å². The molecule has 3 nitrogen and oxygen atoms in total. The van der Waals surface area contributed by atoms with E-state index in [0.717, 1.165) is 17.0 Å². The van der Waals surface area contributed by atoms with Crippen LogP contribution in [0.15, 0.2) is 60.2 Å². The van der Waals surface area contributed by atoms with Gasteiger partial charge in [-0.2, -0.15) is 0 Å². The normalized spacial score (nSPS) is 21.1. The Morgan fingerprint density at radius 2 is 1.74 bits per heavy atom. The Labute approximate surface area is 137 Å². The van der Waals surface area contributed by atoms with Crippen molar-refractivity contribution < 1.29 is 9.53 Å². The van der Waals surface area contributed by atoms with Gasteiger partial charge in [0.05, 0.1) is 19.1 Å². The summed E-state index contributed by atoms with van der Waals surface area (Å²) in [7, 11) is 1.64. The Morgan fingerprint density at radius 3 is 2.35 bits per heavy atom. The number of nitrogens with zero attached hydrogens (tertiary/aromatic N) is 1. The van der Waals surface area contributed by atoms with Crippen LogP contribution in [0, 0.1) is 5.92 Å². The van der Waals surface area contributed by atoms with Crippen LogP contribution in [0.2, 0.25) is 0 Å². The molecule has 118 valence electrons. The minimum Gasteiger partial charge on any atom is -0.497 e. The van der Waals surface area contributed by atoms with Crippen LogP contribution >= 0.6 is 0 Å². The summed E-state index contributed by atoms with van der Waals surface area (Å²) in [4.78, 5) is 14.2. The van der Waals surface area contributed by atoms with Crippen LogP contribution in [0.25, 0.3) is 6.08 Å². The molecule has 0 bridgehead atoms. The summed E-state index contributed by atoms with van der Waals surface area (Å²) in [6.45, 7) is 4.09. The summed E-state index contributed by atoms with van der Waals surface area (Å²) in [5.74, 6) is 0.973. The quantitative estimate of drug-likeness (QED) is 0.794. The molecule has 0 N–H and O–H groups in total. The number of hydrogen-bond acceptors (Lipinski definition) is 2. The molecule has 1 amide bonds. The number of methoxy groups -OCH3 is 1. The van der Waals surface area contributed by atoms with Gasteiger partial charge in [-0.05, 0) is 42.3 Å². The zero-order chi connectivity index (χ0) is 16.4. The summed E-state index contributed by atoms with van der Waals surface area (Å²) in [6, 6.07) is 18.0. The molecule has 23 heavy (non-hydrogen) atoms. The summed E-state index contributed by atoms with van der Waals surface area (Å²) in [5, 5.41) is 0. The maximum Gasteiger partial charge on any atom is 0.232 e. The fourth-order valence-corrected chi connectivity index (χ4v) is 3.16. The Kier molecular flexibility index (Phi) is 4.20. The lowest BCUT2D eigenvalue weighted by molar-refractivity contribution is -0.128. The number of amides is 1. The van der Waals surface area contributed by atoms with Gasteiger partial charge in [0.2, 0.25) is 5.91 Å². The van der Waals surface area contributed by atoms with Crippen LogP contribution in [0.5, 0.6) is 5.75 Å². The lowest BCUT2D eigenvalue weighted by Gasteiger charge is -2.46. The summed E-state index contributed by atoms with van der Waals surface area (Å²) in [6.07, 6.45) is 2.16. The van der Waals surface area contributed by atoms with Crippen molar-refractivity contribution in [1.82, 2.24) is 0 Å². The topological polar surface area (TPSA) is 29.5 Å². The SMILES string of the molecule is COc1ccc(N2C(=O)C(C)C2/C(C)=C/c2ccccc2)cc1. The van der Waals surface area contributed by atoms with Gasteiger partial charge in [-0.1, -0.05) is 43.3 Å². The predicted molar refractivity (Wildman–Crippen MR) is 93.5 cm³/mol. The molecule has 2 unspecified atom stereocenters. The maximum atomic E-state index is 12.4. The van der Waals surface area contributed by atoms with Crippen molar-refractivity contribution in [2.24, 2.45) is 5.92 Å². The van der Waals surface area contributed by atoms with E-state index in [-0.39, 0.29) is 17.9 Å². The monoisotopic (exact) mass is 307 g/mol. The Balaban J connectivity index is 1.87. The molecule has 1 fully saturated rings. The third-order valence-electron chi connectivity index (χ3n) is 4.39. The van der Waals surface area contributed by atoms with E-state index < -0.39 is 0 Å². The first-order valence-corrected chi connectivity index (χ1v) is 7.82. The molecule has 0 radical (unpaired) electrons. The molecule has 1 aliphatic heterocycles. The molecule has 3 heteroatoms. The van der Waals surface area contributed by atoms with Crippen LogP contribution in [-0.2, 0) is 4.79 Å². The van der Waals surface area contributed by atoms with Crippen molar-refractivity contribution in [3.8, 4) is 5.75 Å². The highest BCUT2D eigenvalue weighted by Gasteiger charge is 2.45. The third-order valence-corrected chi connectivity index (χ3v) is 4.39. The molecule has 0 aromatic heterocycles. The fourth-order valence-electron chi connectivity index (χ4n) is 3.16. The molecular formula is C20H21NO2. The number of carbonyl (C=O) groups is 1. The average molecular weight is 307 g/mol. The molecule has 2 aromatic rings. The van der Waals surface area contributed by atoms with Gasteiger partial charge in [0.15, 0.2) is 0 Å². The Bertz CT molecular complexity index is 719. The standard InChI is InChI=1S/C20H21NO2/c1-14(13-16-7-5-4-6-8-16)19-15(2)20(22)21(19)17-9-11-18(23-3)12-10-17/h4-13,15,19H,1-3H3/b14-13+. The van der Waals surface area contributed by atoms with Gasteiger partial charge < -0.3 is 9.64 Å². The highest BCUT2D eigenvalue weighted by molar-refractivity contribution is 6.04. The van der Waals surface area contributed by atoms with Crippen molar-refractivity contribution in [3.63, 3.8) is 0 Å². The molecular weight excluding hydrogens is 286 g/mol. The zero-order valence-corrected chi connectivity index (χ0v) is 13.7. The number of β-lactam (4-membered cyclic amide) rings is 1. The first kappa shape index (κ1) is 15.3. The Morgan fingerprint density at radius 1 is 1.09 bits per heavy atom. The first-order chi connectivity index (χ1) is 11.1. The average Bonchev–Trinajstić information content (AvgIpc) is 2.59. The lowest BCUT2D eigenvalue weighted by atomic mass is 9.83. The third kappa shape index (κ3) is 2.87. The molecule has 2 atom stereocenters. The van der Waals surface area contributed by atoms with E-state index in [4.69, 9.17) is 4.74 Å². The van der Waals surface area contributed by atoms with Gasteiger partial charge in [-0.3, -0.25) is 4.79 Å². The fraction of sp³-hybridized carbons (Fsp3) is 0.250. The van der Waals surface area contributed by atoms with Crippen molar-refractivity contribution in [2.45, 2.75) is 19.9 Å². The van der Waals surface area contributed by atoms with E-state index in [1.54, 1.807) is 7.11 Å². The van der Waals surface area contributed by atoms with Gasteiger partial charge in [0, 0.05) is 5.69 Å². The van der Waals surface area contributed by atoms with E-state index >= 15 is 0 Å². The minimum absolute atomic E-state index is 0.0112. The predicted octanol–water partition coefficient (Wildman–Crippen LogP) is 4.15. The number of rotatable bonds is 4. The summed E-state index contributed by atoms with van der Waals surface area (Å²) in [5.41, 5.74) is 3.27. The molecule has 0 saturated carbocycles. The Hall–Kier alpha value is -2.55. The minimum atomic E-state index is 0.0112. The highest BCUT2D eigenvalue weighted by Crippen LogP contribution is 2.37. The number of ether oxygens (including phenoxy) is 1. The number of anilines is 1. The van der Waals surface area contributed by atoms with Crippen LogP contribution in [-0.4, -0.2) is 19.1 Å². The molecule has 2 aromatic carbocycles. The first-order valence-electron chi connectivity index (χ1n) is 7.82. The molecule has 0 aliphatic carbocycles. The summed E-state index contributed by atoms with van der Waals surface area (Å²) < 4.78 is 5.19. The second-order valence-electron chi connectivity index (χ2n) is 5.94. The number of benzene rings is 2. The largest absolute Gasteiger partial charge is 0.497 e. The van der Waals surface area contributed by atoms with Crippen LogP contribution < -0.4 is 9.64 Å². The van der Waals surface area contributed by atoms with Crippen LogP contribution in [0.3, 0.4) is 0 Å². The smallest absolute Gasteiger partial charge is 0.232 e. The van der Waals surface area contributed by atoms with E-state index in [1.165, 1.54) is 5.57 Å². The van der Waals surface area contributed by atoms with Gasteiger partial charge >= 0.3 is 0 Å².